The molecule has 0 saturated carbocycles. The Bertz CT molecular complexity index is 539. The van der Waals surface area contributed by atoms with E-state index in [1.807, 2.05) is 26.0 Å². The average molecular weight is 263 g/mol. The summed E-state index contributed by atoms with van der Waals surface area (Å²) in [5.41, 5.74) is 1.98. The molecule has 0 fully saturated rings. The van der Waals surface area contributed by atoms with Crippen LogP contribution in [0.3, 0.4) is 0 Å². The molecule has 0 aliphatic heterocycles. The van der Waals surface area contributed by atoms with Crippen molar-refractivity contribution in [3.8, 4) is 5.88 Å². The average Bonchev–Trinajstić information content (AvgIpc) is 2.69. The quantitative estimate of drug-likeness (QED) is 0.919. The zero-order valence-corrected chi connectivity index (χ0v) is 11.8. The van der Waals surface area contributed by atoms with Crippen LogP contribution in [0.15, 0.2) is 18.3 Å². The molecule has 0 aliphatic rings. The molecule has 0 bridgehead atoms. The minimum absolute atomic E-state index is 0.189. The fourth-order valence-corrected chi connectivity index (χ4v) is 2.84. The summed E-state index contributed by atoms with van der Waals surface area (Å²) < 4.78 is 5.23. The largest absolute Gasteiger partial charge is 0.480 e. The number of anilines is 1. The van der Waals surface area contributed by atoms with Gasteiger partial charge < -0.3 is 10.1 Å². The standard InChI is InChI=1S/C13H17N3OS/c1-8-12(18-10(3)15-8)9(2)16-11-6-5-7-14-13(11)17-4/h5-7,9,16H,1-4H3. The number of aromatic nitrogens is 2. The van der Waals surface area contributed by atoms with Gasteiger partial charge in [-0.3, -0.25) is 0 Å². The molecule has 2 aromatic heterocycles. The lowest BCUT2D eigenvalue weighted by Crippen LogP contribution is -2.07. The van der Waals surface area contributed by atoms with Crippen LogP contribution in [-0.2, 0) is 0 Å². The number of methoxy groups -OCH3 is 1. The van der Waals surface area contributed by atoms with E-state index in [1.165, 1.54) is 4.88 Å². The van der Waals surface area contributed by atoms with Gasteiger partial charge in [-0.1, -0.05) is 0 Å². The predicted octanol–water partition coefficient (Wildman–Crippen LogP) is 3.34. The van der Waals surface area contributed by atoms with Crippen molar-refractivity contribution < 1.29 is 4.74 Å². The van der Waals surface area contributed by atoms with Crippen molar-refractivity contribution in [1.82, 2.24) is 9.97 Å². The number of ether oxygens (including phenoxy) is 1. The third kappa shape index (κ3) is 2.61. The molecule has 0 radical (unpaired) electrons. The Hall–Kier alpha value is -1.62. The summed E-state index contributed by atoms with van der Waals surface area (Å²) in [6.07, 6.45) is 1.72. The number of aryl methyl sites for hydroxylation is 2. The highest BCUT2D eigenvalue weighted by atomic mass is 32.1. The molecule has 96 valence electrons. The van der Waals surface area contributed by atoms with Gasteiger partial charge in [-0.2, -0.15) is 0 Å². The highest BCUT2D eigenvalue weighted by Crippen LogP contribution is 2.30. The van der Waals surface area contributed by atoms with E-state index in [1.54, 1.807) is 24.6 Å². The van der Waals surface area contributed by atoms with Gasteiger partial charge in [-0.15, -0.1) is 11.3 Å². The molecular formula is C13H17N3OS. The molecule has 0 amide bonds. The van der Waals surface area contributed by atoms with E-state index in [0.717, 1.165) is 16.4 Å². The first-order valence-electron chi connectivity index (χ1n) is 5.81. The molecule has 1 atom stereocenters. The van der Waals surface area contributed by atoms with Crippen LogP contribution in [0, 0.1) is 13.8 Å². The van der Waals surface area contributed by atoms with Crippen molar-refractivity contribution in [3.63, 3.8) is 0 Å². The van der Waals surface area contributed by atoms with Crippen molar-refractivity contribution in [2.24, 2.45) is 0 Å². The summed E-state index contributed by atoms with van der Waals surface area (Å²) in [6.45, 7) is 6.18. The highest BCUT2D eigenvalue weighted by Gasteiger charge is 2.14. The number of hydrogen-bond donors (Lipinski definition) is 1. The Balaban J connectivity index is 2.21. The van der Waals surface area contributed by atoms with Gasteiger partial charge in [-0.25, -0.2) is 9.97 Å². The second-order valence-electron chi connectivity index (χ2n) is 4.11. The van der Waals surface area contributed by atoms with E-state index < -0.39 is 0 Å². The highest BCUT2D eigenvalue weighted by molar-refractivity contribution is 7.11. The van der Waals surface area contributed by atoms with Gasteiger partial charge in [0.05, 0.1) is 29.5 Å². The Morgan fingerprint density at radius 3 is 2.78 bits per heavy atom. The molecule has 2 rings (SSSR count). The number of rotatable bonds is 4. The third-order valence-electron chi connectivity index (χ3n) is 2.67. The van der Waals surface area contributed by atoms with Gasteiger partial charge in [0.15, 0.2) is 0 Å². The van der Waals surface area contributed by atoms with E-state index in [0.29, 0.717) is 5.88 Å². The fraction of sp³-hybridized carbons (Fsp3) is 0.385. The van der Waals surface area contributed by atoms with Crippen molar-refractivity contribution in [2.45, 2.75) is 26.8 Å². The van der Waals surface area contributed by atoms with Crippen LogP contribution in [0.2, 0.25) is 0 Å². The zero-order chi connectivity index (χ0) is 13.1. The van der Waals surface area contributed by atoms with Crippen LogP contribution in [-0.4, -0.2) is 17.1 Å². The van der Waals surface area contributed by atoms with Gasteiger partial charge in [-0.05, 0) is 32.9 Å². The van der Waals surface area contributed by atoms with Gasteiger partial charge in [0.1, 0.15) is 0 Å². The smallest absolute Gasteiger partial charge is 0.237 e. The molecule has 4 nitrogen and oxygen atoms in total. The van der Waals surface area contributed by atoms with Crippen LogP contribution in [0.1, 0.15) is 28.5 Å². The van der Waals surface area contributed by atoms with Crippen LogP contribution in [0.5, 0.6) is 5.88 Å². The van der Waals surface area contributed by atoms with Crippen LogP contribution < -0.4 is 10.1 Å². The maximum atomic E-state index is 5.23. The Labute approximate surface area is 111 Å². The van der Waals surface area contributed by atoms with Gasteiger partial charge in [0.2, 0.25) is 5.88 Å². The number of thiazole rings is 1. The van der Waals surface area contributed by atoms with Crippen LogP contribution >= 0.6 is 11.3 Å². The monoisotopic (exact) mass is 263 g/mol. The second-order valence-corrected chi connectivity index (χ2v) is 5.34. The first-order valence-corrected chi connectivity index (χ1v) is 6.63. The van der Waals surface area contributed by atoms with E-state index in [4.69, 9.17) is 4.74 Å². The minimum Gasteiger partial charge on any atom is -0.480 e. The summed E-state index contributed by atoms with van der Waals surface area (Å²) in [5.74, 6) is 0.614. The lowest BCUT2D eigenvalue weighted by Gasteiger charge is -2.15. The van der Waals surface area contributed by atoms with E-state index in [-0.39, 0.29) is 6.04 Å². The Morgan fingerprint density at radius 1 is 1.39 bits per heavy atom. The first kappa shape index (κ1) is 12.8. The lowest BCUT2D eigenvalue weighted by molar-refractivity contribution is 0.399. The summed E-state index contributed by atoms with van der Waals surface area (Å²) in [4.78, 5) is 9.87. The van der Waals surface area contributed by atoms with E-state index in [2.05, 4.69) is 22.2 Å². The Morgan fingerprint density at radius 2 is 2.17 bits per heavy atom. The molecule has 0 aromatic carbocycles. The van der Waals surface area contributed by atoms with E-state index >= 15 is 0 Å². The maximum Gasteiger partial charge on any atom is 0.237 e. The summed E-state index contributed by atoms with van der Waals surface area (Å²) in [5, 5.41) is 4.51. The first-order chi connectivity index (χ1) is 8.61. The summed E-state index contributed by atoms with van der Waals surface area (Å²) in [7, 11) is 1.63. The normalized spacial score (nSPS) is 12.2. The third-order valence-corrected chi connectivity index (χ3v) is 3.92. The molecular weight excluding hydrogens is 246 g/mol. The van der Waals surface area contributed by atoms with Crippen LogP contribution in [0.4, 0.5) is 5.69 Å². The van der Waals surface area contributed by atoms with Gasteiger partial charge in [0, 0.05) is 11.1 Å². The van der Waals surface area contributed by atoms with E-state index in [9.17, 15) is 0 Å². The maximum absolute atomic E-state index is 5.23. The second kappa shape index (κ2) is 5.35. The molecule has 0 saturated heterocycles. The summed E-state index contributed by atoms with van der Waals surface area (Å²) in [6, 6.07) is 4.04. The molecule has 1 N–H and O–H groups in total. The lowest BCUT2D eigenvalue weighted by atomic mass is 10.2. The summed E-state index contributed by atoms with van der Waals surface area (Å²) >= 11 is 1.72. The molecule has 2 aromatic rings. The van der Waals surface area contributed by atoms with Crippen molar-refractivity contribution in [1.29, 1.82) is 0 Å². The molecule has 0 spiro atoms. The van der Waals surface area contributed by atoms with Crippen molar-refractivity contribution >= 4 is 17.0 Å². The molecule has 5 heteroatoms. The van der Waals surface area contributed by atoms with Crippen molar-refractivity contribution in [2.75, 3.05) is 12.4 Å². The van der Waals surface area contributed by atoms with Gasteiger partial charge in [0.25, 0.3) is 0 Å². The fourth-order valence-electron chi connectivity index (χ4n) is 1.91. The number of pyridine rings is 1. The van der Waals surface area contributed by atoms with Crippen LogP contribution in [0.25, 0.3) is 0 Å². The SMILES string of the molecule is COc1ncccc1NC(C)c1sc(C)nc1C. The topological polar surface area (TPSA) is 47.0 Å². The predicted molar refractivity (Wildman–Crippen MR) is 74.4 cm³/mol. The minimum atomic E-state index is 0.189. The molecule has 2 heterocycles. The number of nitrogens with one attached hydrogen (secondary N) is 1. The number of hydrogen-bond acceptors (Lipinski definition) is 5. The number of nitrogens with zero attached hydrogens (tertiary/aromatic N) is 2. The molecule has 18 heavy (non-hydrogen) atoms. The van der Waals surface area contributed by atoms with Crippen molar-refractivity contribution in [3.05, 3.63) is 33.9 Å². The zero-order valence-electron chi connectivity index (χ0n) is 11.0. The molecule has 0 aliphatic carbocycles. The molecule has 1 unspecified atom stereocenters. The van der Waals surface area contributed by atoms with Gasteiger partial charge >= 0.3 is 0 Å². The Kier molecular flexibility index (Phi) is 3.81.